The molecule has 30 heavy (non-hydrogen) atoms. The van der Waals surface area contributed by atoms with Gasteiger partial charge in [-0.15, -0.1) is 0 Å². The second kappa shape index (κ2) is 10.0. The third kappa shape index (κ3) is 5.03. The summed E-state index contributed by atoms with van der Waals surface area (Å²) in [4.78, 5) is 29.5. The fourth-order valence-electron chi connectivity index (χ4n) is 3.18. The molecule has 0 saturated carbocycles. The van der Waals surface area contributed by atoms with Crippen LogP contribution < -0.4 is 5.32 Å². The van der Waals surface area contributed by atoms with Crippen molar-refractivity contribution in [1.29, 1.82) is 0 Å². The molecule has 0 bridgehead atoms. The Kier molecular flexibility index (Phi) is 7.17. The summed E-state index contributed by atoms with van der Waals surface area (Å²) in [6.07, 6.45) is 4.67. The number of carbonyl (C=O) groups is 2. The van der Waals surface area contributed by atoms with E-state index in [4.69, 9.17) is 9.72 Å². The lowest BCUT2D eigenvalue weighted by Crippen LogP contribution is -2.29. The van der Waals surface area contributed by atoms with Crippen LogP contribution >= 0.6 is 0 Å². The first kappa shape index (κ1) is 21.5. The molecule has 3 aromatic rings. The van der Waals surface area contributed by atoms with E-state index in [-0.39, 0.29) is 18.6 Å². The lowest BCUT2D eigenvalue weighted by atomic mass is 10.1. The molecule has 2 aromatic heterocycles. The van der Waals surface area contributed by atoms with Crippen LogP contribution in [-0.4, -0.2) is 39.8 Å². The predicted octanol–water partition coefficient (Wildman–Crippen LogP) is 4.14. The fraction of sp³-hybridized carbons (Fsp3) is 0.391. The predicted molar refractivity (Wildman–Crippen MR) is 116 cm³/mol. The molecule has 0 aliphatic rings. The normalized spacial score (nSPS) is 11.1. The van der Waals surface area contributed by atoms with Crippen LogP contribution in [0.2, 0.25) is 0 Å². The minimum atomic E-state index is -0.563. The van der Waals surface area contributed by atoms with Gasteiger partial charge in [-0.2, -0.15) is 5.10 Å². The number of rotatable bonds is 9. The van der Waals surface area contributed by atoms with Crippen molar-refractivity contribution in [3.63, 3.8) is 0 Å². The molecule has 1 N–H and O–H groups in total. The minimum absolute atomic E-state index is 0.0822. The zero-order valence-corrected chi connectivity index (χ0v) is 17.7. The number of nitrogens with zero attached hydrogens (tertiary/aromatic N) is 3. The Balaban J connectivity index is 1.85. The molecular formula is C23H28N4O3. The van der Waals surface area contributed by atoms with Crippen LogP contribution in [-0.2, 0) is 9.53 Å². The van der Waals surface area contributed by atoms with Gasteiger partial charge in [0.2, 0.25) is 0 Å². The average molecular weight is 409 g/mol. The van der Waals surface area contributed by atoms with Crippen LogP contribution in [0.25, 0.3) is 22.3 Å². The van der Waals surface area contributed by atoms with Crippen molar-refractivity contribution in [2.45, 2.75) is 46.1 Å². The molecule has 0 saturated heterocycles. The van der Waals surface area contributed by atoms with Crippen LogP contribution in [0.4, 0.5) is 0 Å². The number of carbonyl (C=O) groups excluding carboxylic acids is 2. The van der Waals surface area contributed by atoms with E-state index in [1.165, 1.54) is 0 Å². The van der Waals surface area contributed by atoms with Crippen molar-refractivity contribution in [2.24, 2.45) is 0 Å². The number of ether oxygens (including phenoxy) is 1. The first-order chi connectivity index (χ1) is 14.5. The maximum atomic E-state index is 12.8. The smallest absolute Gasteiger partial charge is 0.339 e. The van der Waals surface area contributed by atoms with Gasteiger partial charge in [0.15, 0.2) is 12.3 Å². The zero-order chi connectivity index (χ0) is 21.5. The van der Waals surface area contributed by atoms with Gasteiger partial charge in [-0.3, -0.25) is 4.79 Å². The molecule has 0 aliphatic carbocycles. The van der Waals surface area contributed by atoms with Crippen LogP contribution in [0.3, 0.4) is 0 Å². The summed E-state index contributed by atoms with van der Waals surface area (Å²) in [6.45, 7) is 6.38. The zero-order valence-electron chi connectivity index (χ0n) is 17.7. The number of esters is 1. The molecular weight excluding hydrogens is 380 g/mol. The quantitative estimate of drug-likeness (QED) is 0.425. The Labute approximate surface area is 176 Å². The fourth-order valence-corrected chi connectivity index (χ4v) is 3.18. The van der Waals surface area contributed by atoms with Crippen molar-refractivity contribution in [3.8, 4) is 11.3 Å². The maximum Gasteiger partial charge on any atom is 0.339 e. The molecule has 0 atom stereocenters. The Bertz CT molecular complexity index is 1010. The van der Waals surface area contributed by atoms with Gasteiger partial charge in [0.1, 0.15) is 0 Å². The van der Waals surface area contributed by atoms with Crippen molar-refractivity contribution >= 4 is 22.9 Å². The average Bonchev–Trinajstić information content (AvgIpc) is 3.19. The molecule has 7 heteroatoms. The minimum Gasteiger partial charge on any atom is -0.452 e. The molecule has 0 fully saturated rings. The summed E-state index contributed by atoms with van der Waals surface area (Å²) < 4.78 is 7.08. The van der Waals surface area contributed by atoms with Gasteiger partial charge >= 0.3 is 5.97 Å². The van der Waals surface area contributed by atoms with Gasteiger partial charge in [-0.05, 0) is 26.3 Å². The van der Waals surface area contributed by atoms with Gasteiger partial charge in [-0.25, -0.2) is 14.5 Å². The molecule has 1 aromatic carbocycles. The van der Waals surface area contributed by atoms with Crippen LogP contribution in [0.1, 0.15) is 56.4 Å². The van der Waals surface area contributed by atoms with Crippen molar-refractivity contribution in [3.05, 3.63) is 48.2 Å². The van der Waals surface area contributed by atoms with E-state index in [0.29, 0.717) is 28.8 Å². The van der Waals surface area contributed by atoms with E-state index < -0.39 is 5.97 Å². The van der Waals surface area contributed by atoms with Crippen molar-refractivity contribution in [2.75, 3.05) is 13.2 Å². The highest BCUT2D eigenvalue weighted by Gasteiger charge is 2.20. The number of pyridine rings is 1. The molecule has 3 rings (SSSR count). The first-order valence-corrected chi connectivity index (χ1v) is 10.4. The monoisotopic (exact) mass is 408 g/mol. The number of unbranched alkanes of at least 4 members (excludes halogenated alkanes) is 2. The Morgan fingerprint density at radius 2 is 1.93 bits per heavy atom. The van der Waals surface area contributed by atoms with Crippen molar-refractivity contribution < 1.29 is 14.3 Å². The summed E-state index contributed by atoms with van der Waals surface area (Å²) >= 11 is 0. The summed E-state index contributed by atoms with van der Waals surface area (Å²) in [5.41, 5.74) is 2.51. The molecule has 0 radical (unpaired) electrons. The van der Waals surface area contributed by atoms with E-state index in [1.807, 2.05) is 44.2 Å². The molecule has 0 spiro atoms. The Morgan fingerprint density at radius 3 is 2.63 bits per heavy atom. The number of hydrogen-bond donors (Lipinski definition) is 1. The van der Waals surface area contributed by atoms with Crippen LogP contribution in [0, 0.1) is 0 Å². The second-order valence-electron chi connectivity index (χ2n) is 7.47. The second-order valence-corrected chi connectivity index (χ2v) is 7.47. The van der Waals surface area contributed by atoms with E-state index in [2.05, 4.69) is 17.3 Å². The standard InChI is InChI=1S/C23H28N4O3/c1-4-5-9-12-24-21(28)15-30-23(29)18-13-20(17-10-7-6-8-11-17)26-22-19(18)14-25-27(22)16(2)3/h6-8,10-11,13-14,16H,4-5,9,12,15H2,1-3H3,(H,24,28). The number of amides is 1. The highest BCUT2D eigenvalue weighted by atomic mass is 16.5. The summed E-state index contributed by atoms with van der Waals surface area (Å²) in [5, 5.41) is 7.77. The molecule has 7 nitrogen and oxygen atoms in total. The molecule has 0 unspecified atom stereocenters. The third-order valence-corrected chi connectivity index (χ3v) is 4.78. The Morgan fingerprint density at radius 1 is 1.17 bits per heavy atom. The van der Waals surface area contributed by atoms with E-state index >= 15 is 0 Å². The largest absolute Gasteiger partial charge is 0.452 e. The van der Waals surface area contributed by atoms with Crippen LogP contribution in [0.15, 0.2) is 42.6 Å². The third-order valence-electron chi connectivity index (χ3n) is 4.78. The SMILES string of the molecule is CCCCCNC(=O)COC(=O)c1cc(-c2ccccc2)nc2c1cnn2C(C)C. The van der Waals surface area contributed by atoms with Gasteiger partial charge in [0, 0.05) is 18.2 Å². The van der Waals surface area contributed by atoms with Gasteiger partial charge in [-0.1, -0.05) is 50.1 Å². The number of fused-ring (bicyclic) bond motifs is 1. The van der Waals surface area contributed by atoms with Gasteiger partial charge < -0.3 is 10.1 Å². The maximum absolute atomic E-state index is 12.8. The number of aromatic nitrogens is 3. The molecule has 2 heterocycles. The van der Waals surface area contributed by atoms with E-state index in [1.54, 1.807) is 16.9 Å². The Hall–Kier alpha value is -3.22. The molecule has 1 amide bonds. The summed E-state index contributed by atoms with van der Waals surface area (Å²) in [5.74, 6) is -0.863. The topological polar surface area (TPSA) is 86.1 Å². The number of nitrogens with one attached hydrogen (secondary N) is 1. The van der Waals surface area contributed by atoms with Gasteiger partial charge in [0.05, 0.1) is 22.8 Å². The summed E-state index contributed by atoms with van der Waals surface area (Å²) in [6, 6.07) is 11.4. The highest BCUT2D eigenvalue weighted by Crippen LogP contribution is 2.26. The van der Waals surface area contributed by atoms with Gasteiger partial charge in [0.25, 0.3) is 5.91 Å². The van der Waals surface area contributed by atoms with Crippen molar-refractivity contribution in [1.82, 2.24) is 20.1 Å². The number of benzene rings is 1. The summed E-state index contributed by atoms with van der Waals surface area (Å²) in [7, 11) is 0. The lowest BCUT2D eigenvalue weighted by Gasteiger charge is -2.11. The highest BCUT2D eigenvalue weighted by molar-refractivity contribution is 6.04. The molecule has 0 aliphatic heterocycles. The van der Waals surface area contributed by atoms with E-state index in [0.717, 1.165) is 24.8 Å². The molecule has 158 valence electrons. The van der Waals surface area contributed by atoms with Crippen LogP contribution in [0.5, 0.6) is 0 Å². The van der Waals surface area contributed by atoms with E-state index in [9.17, 15) is 9.59 Å². The first-order valence-electron chi connectivity index (χ1n) is 10.4. The lowest BCUT2D eigenvalue weighted by molar-refractivity contribution is -0.124. The number of hydrogen-bond acceptors (Lipinski definition) is 5.